The number of ketones is 2. The van der Waals surface area contributed by atoms with Gasteiger partial charge in [-0.15, -0.1) is 0 Å². The molecule has 1 fully saturated rings. The molecule has 1 aliphatic rings. The van der Waals surface area contributed by atoms with Crippen LogP contribution in [0.5, 0.6) is 5.75 Å². The summed E-state index contributed by atoms with van der Waals surface area (Å²) in [6.07, 6.45) is 7.52. The van der Waals surface area contributed by atoms with Gasteiger partial charge in [0, 0.05) is 12.8 Å². The molecule has 0 aromatic heterocycles. The van der Waals surface area contributed by atoms with Gasteiger partial charge in [0.1, 0.15) is 17.3 Å². The fourth-order valence-electron chi connectivity index (χ4n) is 4.03. The molecule has 0 bridgehead atoms. The first-order chi connectivity index (χ1) is 12.1. The van der Waals surface area contributed by atoms with Crippen molar-refractivity contribution in [2.75, 3.05) is 7.11 Å². The number of rotatable bonds is 9. The molecule has 1 saturated carbocycles. The second-order valence-corrected chi connectivity index (χ2v) is 7.37. The second-order valence-electron chi connectivity index (χ2n) is 7.37. The fraction of sp³-hybridized carbons (Fsp3) is 0.636. The zero-order chi connectivity index (χ0) is 18.2. The molecule has 3 nitrogen and oxygen atoms in total. The SMILES string of the molecule is CCC(=O)C(CC1CCC(Cc2ccc(OC)cc2)CC1)C(=O)CC. The van der Waals surface area contributed by atoms with Gasteiger partial charge in [-0.25, -0.2) is 0 Å². The van der Waals surface area contributed by atoms with Gasteiger partial charge in [-0.1, -0.05) is 38.8 Å². The molecular formula is C22H32O3. The third-order valence-corrected chi connectivity index (χ3v) is 5.69. The number of carbonyl (C=O) groups is 2. The van der Waals surface area contributed by atoms with Gasteiger partial charge in [0.2, 0.25) is 0 Å². The van der Waals surface area contributed by atoms with Gasteiger partial charge in [-0.3, -0.25) is 9.59 Å². The van der Waals surface area contributed by atoms with Crippen LogP contribution >= 0.6 is 0 Å². The summed E-state index contributed by atoms with van der Waals surface area (Å²) in [7, 11) is 1.69. The summed E-state index contributed by atoms with van der Waals surface area (Å²) in [6, 6.07) is 8.36. The highest BCUT2D eigenvalue weighted by molar-refractivity contribution is 6.02. The number of carbonyl (C=O) groups excluding carboxylic acids is 2. The maximum absolute atomic E-state index is 12.1. The highest BCUT2D eigenvalue weighted by atomic mass is 16.5. The Morgan fingerprint density at radius 2 is 1.48 bits per heavy atom. The van der Waals surface area contributed by atoms with E-state index in [0.29, 0.717) is 24.7 Å². The van der Waals surface area contributed by atoms with Gasteiger partial charge in [0.05, 0.1) is 13.0 Å². The first-order valence-corrected chi connectivity index (χ1v) is 9.75. The molecule has 0 spiro atoms. The molecule has 0 atom stereocenters. The van der Waals surface area contributed by atoms with E-state index in [0.717, 1.165) is 31.4 Å². The van der Waals surface area contributed by atoms with Crippen LogP contribution in [0.3, 0.4) is 0 Å². The number of Topliss-reactive ketones (excluding diaryl/α,β-unsaturated/α-hetero) is 2. The van der Waals surface area contributed by atoms with E-state index in [2.05, 4.69) is 12.1 Å². The normalized spacial score (nSPS) is 20.5. The first kappa shape index (κ1) is 19.7. The van der Waals surface area contributed by atoms with Gasteiger partial charge >= 0.3 is 0 Å². The Bertz CT molecular complexity index is 537. The Kier molecular flexibility index (Phi) is 7.67. The van der Waals surface area contributed by atoms with Crippen molar-refractivity contribution < 1.29 is 14.3 Å². The topological polar surface area (TPSA) is 43.4 Å². The molecule has 0 N–H and O–H groups in total. The van der Waals surface area contributed by atoms with Crippen LogP contribution in [0, 0.1) is 17.8 Å². The van der Waals surface area contributed by atoms with Gasteiger partial charge in [0.25, 0.3) is 0 Å². The van der Waals surface area contributed by atoms with E-state index in [1.165, 1.54) is 18.4 Å². The minimum Gasteiger partial charge on any atom is -0.497 e. The molecule has 138 valence electrons. The van der Waals surface area contributed by atoms with Gasteiger partial charge in [0.15, 0.2) is 0 Å². The lowest BCUT2D eigenvalue weighted by Gasteiger charge is -2.30. The smallest absolute Gasteiger partial charge is 0.143 e. The predicted molar refractivity (Wildman–Crippen MR) is 101 cm³/mol. The minimum atomic E-state index is -0.349. The van der Waals surface area contributed by atoms with Crippen LogP contribution < -0.4 is 4.74 Å². The van der Waals surface area contributed by atoms with Crippen molar-refractivity contribution in [1.29, 1.82) is 0 Å². The maximum Gasteiger partial charge on any atom is 0.143 e. The molecular weight excluding hydrogens is 312 g/mol. The van der Waals surface area contributed by atoms with E-state index < -0.39 is 0 Å². The van der Waals surface area contributed by atoms with E-state index in [1.807, 2.05) is 26.0 Å². The fourth-order valence-corrected chi connectivity index (χ4v) is 4.03. The van der Waals surface area contributed by atoms with Gasteiger partial charge in [-0.2, -0.15) is 0 Å². The number of ether oxygens (including phenoxy) is 1. The van der Waals surface area contributed by atoms with E-state index in [4.69, 9.17) is 4.74 Å². The summed E-state index contributed by atoms with van der Waals surface area (Å²) >= 11 is 0. The van der Waals surface area contributed by atoms with Crippen LogP contribution in [0.4, 0.5) is 0 Å². The van der Waals surface area contributed by atoms with Crippen LogP contribution in [0.25, 0.3) is 0 Å². The highest BCUT2D eigenvalue weighted by Gasteiger charge is 2.29. The Labute approximate surface area is 152 Å². The van der Waals surface area contributed by atoms with E-state index in [9.17, 15) is 9.59 Å². The monoisotopic (exact) mass is 344 g/mol. The van der Waals surface area contributed by atoms with Crippen molar-refractivity contribution in [3.05, 3.63) is 29.8 Å². The van der Waals surface area contributed by atoms with Crippen molar-refractivity contribution in [1.82, 2.24) is 0 Å². The summed E-state index contributed by atoms with van der Waals surface area (Å²) in [5.41, 5.74) is 1.37. The van der Waals surface area contributed by atoms with Crippen LogP contribution in [-0.4, -0.2) is 18.7 Å². The van der Waals surface area contributed by atoms with Crippen LogP contribution in [0.2, 0.25) is 0 Å². The first-order valence-electron chi connectivity index (χ1n) is 9.75. The van der Waals surface area contributed by atoms with Gasteiger partial charge < -0.3 is 4.74 Å². The van der Waals surface area contributed by atoms with Crippen LogP contribution in [0.1, 0.15) is 64.4 Å². The van der Waals surface area contributed by atoms with Crippen molar-refractivity contribution in [3.63, 3.8) is 0 Å². The molecule has 1 aliphatic carbocycles. The average molecular weight is 344 g/mol. The third-order valence-electron chi connectivity index (χ3n) is 5.69. The summed E-state index contributed by atoms with van der Waals surface area (Å²) in [5.74, 6) is 2.06. The molecule has 25 heavy (non-hydrogen) atoms. The maximum atomic E-state index is 12.1. The molecule has 0 unspecified atom stereocenters. The zero-order valence-corrected chi connectivity index (χ0v) is 15.9. The van der Waals surface area contributed by atoms with E-state index >= 15 is 0 Å². The second kappa shape index (κ2) is 9.74. The lowest BCUT2D eigenvalue weighted by atomic mass is 9.74. The van der Waals surface area contributed by atoms with Crippen molar-refractivity contribution in [2.24, 2.45) is 17.8 Å². The molecule has 1 aromatic rings. The summed E-state index contributed by atoms with van der Waals surface area (Å²) in [4.78, 5) is 24.2. The number of benzene rings is 1. The molecule has 1 aromatic carbocycles. The number of hydrogen-bond acceptors (Lipinski definition) is 3. The van der Waals surface area contributed by atoms with Crippen molar-refractivity contribution in [3.8, 4) is 5.75 Å². The molecule has 0 amide bonds. The summed E-state index contributed by atoms with van der Waals surface area (Å²) in [5, 5.41) is 0. The lowest BCUT2D eigenvalue weighted by molar-refractivity contribution is -0.133. The van der Waals surface area contributed by atoms with Crippen LogP contribution in [0.15, 0.2) is 24.3 Å². The zero-order valence-electron chi connectivity index (χ0n) is 15.9. The molecule has 0 radical (unpaired) electrons. The van der Waals surface area contributed by atoms with E-state index in [1.54, 1.807) is 7.11 Å². The molecule has 0 heterocycles. The Morgan fingerprint density at radius 3 is 1.96 bits per heavy atom. The molecule has 2 rings (SSSR count). The summed E-state index contributed by atoms with van der Waals surface area (Å²) < 4.78 is 5.21. The average Bonchev–Trinajstić information content (AvgIpc) is 2.66. The Balaban J connectivity index is 1.83. The predicted octanol–water partition coefficient (Wildman–Crippen LogP) is 5.01. The minimum absolute atomic E-state index is 0.132. The molecule has 0 saturated heterocycles. The summed E-state index contributed by atoms with van der Waals surface area (Å²) in [6.45, 7) is 3.73. The quantitative estimate of drug-likeness (QED) is 0.592. The van der Waals surface area contributed by atoms with Gasteiger partial charge in [-0.05, 0) is 55.2 Å². The Hall–Kier alpha value is -1.64. The van der Waals surface area contributed by atoms with E-state index in [-0.39, 0.29) is 17.5 Å². The molecule has 3 heteroatoms. The molecule has 0 aliphatic heterocycles. The van der Waals surface area contributed by atoms with Crippen molar-refractivity contribution in [2.45, 2.75) is 65.2 Å². The third kappa shape index (κ3) is 5.69. The van der Waals surface area contributed by atoms with Crippen LogP contribution in [-0.2, 0) is 16.0 Å². The largest absolute Gasteiger partial charge is 0.497 e. The van der Waals surface area contributed by atoms with Crippen molar-refractivity contribution >= 4 is 11.6 Å². The Morgan fingerprint density at radius 1 is 0.960 bits per heavy atom. The number of methoxy groups -OCH3 is 1. The highest BCUT2D eigenvalue weighted by Crippen LogP contribution is 2.35. The lowest BCUT2D eigenvalue weighted by Crippen LogP contribution is -2.27. The number of hydrogen-bond donors (Lipinski definition) is 0. The standard InChI is InChI=1S/C22H32O3/c1-4-21(23)20(22(24)5-2)15-18-8-6-16(7-9-18)14-17-10-12-19(25-3)13-11-17/h10-13,16,18,20H,4-9,14-15H2,1-3H3.